The third kappa shape index (κ3) is 9.38. The van der Waals surface area contributed by atoms with Crippen molar-refractivity contribution in [1.29, 1.82) is 0 Å². The molecule has 0 spiro atoms. The molecule has 2 atom stereocenters. The fourth-order valence-corrected chi connectivity index (χ4v) is 5.41. The number of ether oxygens (including phenoxy) is 4. The third-order valence-corrected chi connectivity index (χ3v) is 7.70. The van der Waals surface area contributed by atoms with Crippen LogP contribution >= 0.6 is 0 Å². The lowest BCUT2D eigenvalue weighted by Crippen LogP contribution is -2.34. The van der Waals surface area contributed by atoms with E-state index in [1.807, 2.05) is 0 Å². The number of nitrogens with one attached hydrogen (secondary N) is 2. The van der Waals surface area contributed by atoms with E-state index in [-0.39, 0.29) is 65.1 Å². The SMILES string of the molecule is COc1cc(C(CC(=O)NCCNC(C)=O)c2c(O)cc3c(c2O)C(=O)O[C@@H](C)CCCC(=O)CCC/C=C/3)cc(OC)c1OC. The molecule has 12 nitrogen and oxygen atoms in total. The fraction of sp³-hybridized carbons (Fsp3) is 0.471. The Morgan fingerprint density at radius 2 is 1.63 bits per heavy atom. The van der Waals surface area contributed by atoms with Crippen molar-refractivity contribution in [2.75, 3.05) is 34.4 Å². The Morgan fingerprint density at radius 1 is 0.978 bits per heavy atom. The highest BCUT2D eigenvalue weighted by atomic mass is 16.5. The number of hydrogen-bond donors (Lipinski definition) is 4. The Kier molecular flexibility index (Phi) is 13.3. The Morgan fingerprint density at radius 3 is 2.26 bits per heavy atom. The molecule has 46 heavy (non-hydrogen) atoms. The number of phenols is 2. The molecule has 0 saturated carbocycles. The lowest BCUT2D eigenvalue weighted by atomic mass is 9.84. The summed E-state index contributed by atoms with van der Waals surface area (Å²) in [6, 6.07) is 4.55. The molecule has 0 aromatic heterocycles. The monoisotopic (exact) mass is 640 g/mol. The maximum absolute atomic E-state index is 13.6. The van der Waals surface area contributed by atoms with E-state index >= 15 is 0 Å². The van der Waals surface area contributed by atoms with Gasteiger partial charge in [0, 0.05) is 50.8 Å². The molecule has 1 aliphatic heterocycles. The summed E-state index contributed by atoms with van der Waals surface area (Å²) in [5, 5.41) is 28.5. The minimum absolute atomic E-state index is 0.0743. The summed E-state index contributed by atoms with van der Waals surface area (Å²) in [5.41, 5.74) is 0.407. The summed E-state index contributed by atoms with van der Waals surface area (Å²) in [4.78, 5) is 50.2. The van der Waals surface area contributed by atoms with E-state index < -0.39 is 29.6 Å². The fourth-order valence-electron chi connectivity index (χ4n) is 5.41. The molecule has 0 aliphatic carbocycles. The highest BCUT2D eigenvalue weighted by Crippen LogP contribution is 2.47. The zero-order chi connectivity index (χ0) is 33.8. The van der Waals surface area contributed by atoms with Crippen LogP contribution in [0.25, 0.3) is 6.08 Å². The highest BCUT2D eigenvalue weighted by molar-refractivity contribution is 5.98. The normalized spacial score (nSPS) is 17.0. The molecule has 4 N–H and O–H groups in total. The second-order valence-electron chi connectivity index (χ2n) is 11.1. The molecule has 0 radical (unpaired) electrons. The van der Waals surface area contributed by atoms with Gasteiger partial charge >= 0.3 is 5.97 Å². The molecule has 1 unspecified atom stereocenters. The first kappa shape index (κ1) is 35.7. The van der Waals surface area contributed by atoms with E-state index in [4.69, 9.17) is 18.9 Å². The van der Waals surface area contributed by atoms with Crippen LogP contribution in [0, 0.1) is 0 Å². The summed E-state index contributed by atoms with van der Waals surface area (Å²) in [6.07, 6.45) is 5.58. The minimum Gasteiger partial charge on any atom is -0.507 e. The smallest absolute Gasteiger partial charge is 0.342 e. The minimum atomic E-state index is -1.01. The molecule has 2 amide bonds. The van der Waals surface area contributed by atoms with Gasteiger partial charge in [0.05, 0.1) is 27.4 Å². The van der Waals surface area contributed by atoms with Gasteiger partial charge in [0.15, 0.2) is 11.5 Å². The van der Waals surface area contributed by atoms with Crippen LogP contribution in [0.2, 0.25) is 0 Å². The molecular formula is C34H44N2O10. The zero-order valence-corrected chi connectivity index (χ0v) is 27.1. The van der Waals surface area contributed by atoms with E-state index in [1.54, 1.807) is 31.2 Å². The van der Waals surface area contributed by atoms with Gasteiger partial charge in [-0.05, 0) is 61.9 Å². The van der Waals surface area contributed by atoms with Gasteiger partial charge in [0.1, 0.15) is 22.8 Å². The predicted molar refractivity (Wildman–Crippen MR) is 171 cm³/mol. The number of esters is 1. The number of carbonyl (C=O) groups excluding carboxylic acids is 4. The van der Waals surface area contributed by atoms with E-state index in [2.05, 4.69) is 10.6 Å². The first-order chi connectivity index (χ1) is 22.0. The standard InChI is InChI=1S/C34H44N2O10/c1-20-10-9-13-24(38)12-8-6-7-11-22-16-26(39)31(32(41)30(22)34(42)46-20)25(19-29(40)36-15-14-35-21(2)37)23-17-27(43-3)33(45-5)28(18-23)44-4/h7,11,16-18,20,25,39,41H,6,8-10,12-15,19H2,1-5H3,(H,35,37)(H,36,40)/b11-7+/t20-,25?/m0/s1. The Bertz CT molecular complexity index is 1430. The number of ketones is 1. The van der Waals surface area contributed by atoms with Crippen LogP contribution in [0.3, 0.4) is 0 Å². The number of carbonyl (C=O) groups is 4. The van der Waals surface area contributed by atoms with Gasteiger partial charge in [0.25, 0.3) is 0 Å². The van der Waals surface area contributed by atoms with Crippen molar-refractivity contribution in [2.24, 2.45) is 0 Å². The number of phenolic OH excluding ortho intramolecular Hbond substituents is 2. The van der Waals surface area contributed by atoms with Crippen molar-refractivity contribution in [2.45, 2.75) is 70.8 Å². The summed E-state index contributed by atoms with van der Waals surface area (Å²) < 4.78 is 22.2. The van der Waals surface area contributed by atoms with Crippen molar-refractivity contribution < 1.29 is 48.3 Å². The van der Waals surface area contributed by atoms with Gasteiger partial charge in [-0.3, -0.25) is 14.4 Å². The Balaban J connectivity index is 2.18. The molecule has 0 saturated heterocycles. The average Bonchev–Trinajstić information content (AvgIpc) is 3.00. The number of rotatable bonds is 10. The van der Waals surface area contributed by atoms with E-state index in [1.165, 1.54) is 34.3 Å². The second kappa shape index (κ2) is 17.1. The number of methoxy groups -OCH3 is 3. The molecule has 2 aromatic carbocycles. The third-order valence-electron chi connectivity index (χ3n) is 7.70. The van der Waals surface area contributed by atoms with Crippen molar-refractivity contribution in [1.82, 2.24) is 10.6 Å². The largest absolute Gasteiger partial charge is 0.507 e. The van der Waals surface area contributed by atoms with Crippen molar-refractivity contribution in [3.05, 3.63) is 46.5 Å². The number of amides is 2. The molecule has 0 bridgehead atoms. The molecule has 2 aromatic rings. The van der Waals surface area contributed by atoms with Gasteiger partial charge in [0.2, 0.25) is 17.6 Å². The lowest BCUT2D eigenvalue weighted by molar-refractivity contribution is -0.122. The summed E-state index contributed by atoms with van der Waals surface area (Å²) in [6.45, 7) is 3.43. The number of benzene rings is 2. The lowest BCUT2D eigenvalue weighted by Gasteiger charge is -2.24. The summed E-state index contributed by atoms with van der Waals surface area (Å²) in [7, 11) is 4.32. The molecule has 250 valence electrons. The van der Waals surface area contributed by atoms with Crippen LogP contribution in [-0.2, 0) is 19.1 Å². The van der Waals surface area contributed by atoms with Gasteiger partial charge in [-0.2, -0.15) is 0 Å². The first-order valence-electron chi connectivity index (χ1n) is 15.3. The molecule has 1 aliphatic rings. The first-order valence-corrected chi connectivity index (χ1v) is 15.3. The van der Waals surface area contributed by atoms with E-state index in [9.17, 15) is 29.4 Å². The second-order valence-corrected chi connectivity index (χ2v) is 11.1. The highest BCUT2D eigenvalue weighted by Gasteiger charge is 2.32. The van der Waals surface area contributed by atoms with Crippen LogP contribution in [0.4, 0.5) is 0 Å². The molecule has 0 fully saturated rings. The van der Waals surface area contributed by atoms with Crippen LogP contribution in [0.5, 0.6) is 28.7 Å². The molecule has 3 rings (SSSR count). The number of hydrogen-bond acceptors (Lipinski definition) is 10. The van der Waals surface area contributed by atoms with Crippen molar-refractivity contribution in [3.8, 4) is 28.7 Å². The average molecular weight is 641 g/mol. The number of cyclic esters (lactones) is 1. The molecule has 12 heteroatoms. The van der Waals surface area contributed by atoms with Crippen LogP contribution < -0.4 is 24.8 Å². The zero-order valence-electron chi connectivity index (χ0n) is 27.1. The number of aromatic hydroxyl groups is 2. The van der Waals surface area contributed by atoms with Gasteiger partial charge in [-0.1, -0.05) is 12.2 Å². The number of allylic oxidation sites excluding steroid dienone is 1. The van der Waals surface area contributed by atoms with Gasteiger partial charge in [-0.25, -0.2) is 4.79 Å². The van der Waals surface area contributed by atoms with Crippen LogP contribution in [0.15, 0.2) is 24.3 Å². The van der Waals surface area contributed by atoms with E-state index in [0.29, 0.717) is 49.8 Å². The van der Waals surface area contributed by atoms with Crippen LogP contribution in [0.1, 0.15) is 91.8 Å². The maximum atomic E-state index is 13.6. The van der Waals surface area contributed by atoms with Crippen molar-refractivity contribution >= 4 is 29.6 Å². The molecule has 1 heterocycles. The Hall–Kier alpha value is -4.74. The summed E-state index contributed by atoms with van der Waals surface area (Å²) >= 11 is 0. The number of fused-ring (bicyclic) bond motifs is 1. The quantitative estimate of drug-likeness (QED) is 0.216. The summed E-state index contributed by atoms with van der Waals surface area (Å²) in [5.74, 6) is -2.39. The van der Waals surface area contributed by atoms with Gasteiger partial charge < -0.3 is 39.8 Å². The van der Waals surface area contributed by atoms with E-state index in [0.717, 1.165) is 0 Å². The van der Waals surface area contributed by atoms with Gasteiger partial charge in [-0.15, -0.1) is 0 Å². The molecular weight excluding hydrogens is 596 g/mol. The predicted octanol–water partition coefficient (Wildman–Crippen LogP) is 4.38. The van der Waals surface area contributed by atoms with Crippen LogP contribution in [-0.4, -0.2) is 74.3 Å². The maximum Gasteiger partial charge on any atom is 0.342 e. The Labute approximate surface area is 269 Å². The topological polar surface area (TPSA) is 170 Å². The number of Topliss-reactive ketones (excluding diaryl/α,β-unsaturated/α-hetero) is 1. The van der Waals surface area contributed by atoms with Crippen molar-refractivity contribution in [3.63, 3.8) is 0 Å².